The van der Waals surface area contributed by atoms with Crippen LogP contribution in [0.3, 0.4) is 0 Å². The molecular formula is C15H19FN2O2. The van der Waals surface area contributed by atoms with Gasteiger partial charge in [0.1, 0.15) is 5.82 Å². The van der Waals surface area contributed by atoms with Crippen molar-refractivity contribution >= 4 is 5.91 Å². The van der Waals surface area contributed by atoms with Crippen LogP contribution in [0.2, 0.25) is 0 Å². The van der Waals surface area contributed by atoms with Gasteiger partial charge in [-0.1, -0.05) is 18.8 Å². The van der Waals surface area contributed by atoms with Gasteiger partial charge >= 0.3 is 0 Å². The molecule has 1 aromatic rings. The van der Waals surface area contributed by atoms with Crippen molar-refractivity contribution in [3.8, 4) is 11.8 Å². The van der Waals surface area contributed by atoms with Gasteiger partial charge in [-0.25, -0.2) is 4.39 Å². The second-order valence-corrected chi connectivity index (χ2v) is 4.23. The monoisotopic (exact) mass is 278 g/mol. The Morgan fingerprint density at radius 2 is 2.30 bits per heavy atom. The topological polar surface area (TPSA) is 64.3 Å². The minimum absolute atomic E-state index is 0.0899. The lowest BCUT2D eigenvalue weighted by Crippen LogP contribution is -2.37. The van der Waals surface area contributed by atoms with Crippen molar-refractivity contribution in [1.29, 1.82) is 0 Å². The molecule has 20 heavy (non-hydrogen) atoms. The summed E-state index contributed by atoms with van der Waals surface area (Å²) in [7, 11) is 1.57. The fraction of sp³-hybridized carbons (Fsp3) is 0.400. The normalized spacial score (nSPS) is 11.4. The predicted molar refractivity (Wildman–Crippen MR) is 75.8 cm³/mol. The van der Waals surface area contributed by atoms with E-state index in [1.807, 2.05) is 6.92 Å². The number of carbonyl (C=O) groups is 1. The number of rotatable bonds is 5. The molecule has 0 bridgehead atoms. The van der Waals surface area contributed by atoms with E-state index in [9.17, 15) is 9.18 Å². The average Bonchev–Trinajstić information content (AvgIpc) is 2.44. The molecule has 0 fully saturated rings. The van der Waals surface area contributed by atoms with Crippen LogP contribution in [0.25, 0.3) is 0 Å². The Morgan fingerprint density at radius 1 is 1.55 bits per heavy atom. The van der Waals surface area contributed by atoms with Crippen LogP contribution in [-0.2, 0) is 4.74 Å². The van der Waals surface area contributed by atoms with Crippen molar-refractivity contribution in [2.24, 2.45) is 5.73 Å². The van der Waals surface area contributed by atoms with Crippen LogP contribution in [0.4, 0.5) is 4.39 Å². The highest BCUT2D eigenvalue weighted by Crippen LogP contribution is 2.11. The van der Waals surface area contributed by atoms with Crippen LogP contribution < -0.4 is 11.1 Å². The van der Waals surface area contributed by atoms with Crippen LogP contribution in [-0.4, -0.2) is 32.2 Å². The molecule has 0 aliphatic heterocycles. The first-order valence-corrected chi connectivity index (χ1v) is 6.40. The van der Waals surface area contributed by atoms with Gasteiger partial charge in [-0.15, -0.1) is 0 Å². The summed E-state index contributed by atoms with van der Waals surface area (Å²) in [5.74, 6) is 4.60. The first-order valence-electron chi connectivity index (χ1n) is 6.40. The van der Waals surface area contributed by atoms with Crippen molar-refractivity contribution in [1.82, 2.24) is 5.32 Å². The van der Waals surface area contributed by atoms with E-state index in [1.165, 1.54) is 18.2 Å². The van der Waals surface area contributed by atoms with Gasteiger partial charge in [0.25, 0.3) is 5.91 Å². The molecule has 1 atom stereocenters. The fourth-order valence-corrected chi connectivity index (χ4v) is 1.69. The van der Waals surface area contributed by atoms with Gasteiger partial charge in [-0.3, -0.25) is 4.79 Å². The van der Waals surface area contributed by atoms with E-state index in [0.717, 1.165) is 6.42 Å². The molecule has 0 aromatic heterocycles. The van der Waals surface area contributed by atoms with Gasteiger partial charge in [0.15, 0.2) is 0 Å². The van der Waals surface area contributed by atoms with Gasteiger partial charge in [0, 0.05) is 12.7 Å². The number of nitrogens with two attached hydrogens (primary N) is 1. The molecule has 0 heterocycles. The van der Waals surface area contributed by atoms with Crippen molar-refractivity contribution in [3.05, 3.63) is 35.1 Å². The molecule has 0 aliphatic carbocycles. The smallest absolute Gasteiger partial charge is 0.252 e. The molecule has 0 aliphatic rings. The quantitative estimate of drug-likeness (QED) is 0.798. The first-order chi connectivity index (χ1) is 9.62. The number of nitrogens with one attached hydrogen (secondary N) is 1. The molecule has 0 saturated carbocycles. The van der Waals surface area contributed by atoms with E-state index in [-0.39, 0.29) is 18.5 Å². The Bertz CT molecular complexity index is 520. The molecule has 108 valence electrons. The highest BCUT2D eigenvalue weighted by Gasteiger charge is 2.15. The van der Waals surface area contributed by atoms with E-state index < -0.39 is 5.82 Å². The zero-order chi connectivity index (χ0) is 15.0. The molecule has 0 saturated heterocycles. The number of carbonyl (C=O) groups excluding carboxylic acids is 1. The fourth-order valence-electron chi connectivity index (χ4n) is 1.69. The largest absolute Gasteiger partial charge is 0.383 e. The first kappa shape index (κ1) is 16.2. The molecule has 0 radical (unpaired) electrons. The highest BCUT2D eigenvalue weighted by molar-refractivity contribution is 5.96. The number of amides is 1. The maximum atomic E-state index is 13.2. The molecule has 1 aromatic carbocycles. The summed E-state index contributed by atoms with van der Waals surface area (Å²) in [6, 6.07) is 3.80. The van der Waals surface area contributed by atoms with Gasteiger partial charge in [-0.2, -0.15) is 0 Å². The predicted octanol–water partition coefficient (Wildman–Crippen LogP) is 1.29. The number of methoxy groups -OCH3 is 1. The Kier molecular flexibility index (Phi) is 6.71. The summed E-state index contributed by atoms with van der Waals surface area (Å²) >= 11 is 0. The lowest BCUT2D eigenvalue weighted by molar-refractivity contribution is 0.0894. The third-order valence-electron chi connectivity index (χ3n) is 2.75. The van der Waals surface area contributed by atoms with Gasteiger partial charge in [0.05, 0.1) is 24.8 Å². The average molecular weight is 278 g/mol. The Morgan fingerprint density at radius 3 is 2.90 bits per heavy atom. The summed E-state index contributed by atoms with van der Waals surface area (Å²) in [5.41, 5.74) is 5.97. The summed E-state index contributed by atoms with van der Waals surface area (Å²) in [6.45, 7) is 2.52. The number of hydrogen-bond donors (Lipinski definition) is 2. The lowest BCUT2D eigenvalue weighted by atomic mass is 10.1. The van der Waals surface area contributed by atoms with Crippen molar-refractivity contribution < 1.29 is 13.9 Å². The second kappa shape index (κ2) is 8.31. The van der Waals surface area contributed by atoms with Crippen molar-refractivity contribution in [3.63, 3.8) is 0 Å². The molecule has 1 unspecified atom stereocenters. The molecule has 4 nitrogen and oxygen atoms in total. The number of ether oxygens (including phenoxy) is 1. The van der Waals surface area contributed by atoms with E-state index >= 15 is 0 Å². The van der Waals surface area contributed by atoms with E-state index in [4.69, 9.17) is 10.5 Å². The zero-order valence-corrected chi connectivity index (χ0v) is 11.7. The molecule has 5 heteroatoms. The Hall–Kier alpha value is -1.90. The number of benzene rings is 1. The SMILES string of the molecule is CCC(COC)NC(=O)c1ccc(F)cc1C#CCN. The summed E-state index contributed by atoms with van der Waals surface area (Å²) in [4.78, 5) is 12.2. The zero-order valence-electron chi connectivity index (χ0n) is 11.7. The van der Waals surface area contributed by atoms with Crippen LogP contribution in [0, 0.1) is 17.7 Å². The molecular weight excluding hydrogens is 259 g/mol. The van der Waals surface area contributed by atoms with Crippen molar-refractivity contribution in [2.75, 3.05) is 20.3 Å². The third-order valence-corrected chi connectivity index (χ3v) is 2.75. The Labute approximate surface area is 118 Å². The molecule has 3 N–H and O–H groups in total. The van der Waals surface area contributed by atoms with E-state index in [2.05, 4.69) is 17.2 Å². The van der Waals surface area contributed by atoms with Gasteiger partial charge in [-0.05, 0) is 24.6 Å². The molecule has 0 spiro atoms. The summed E-state index contributed by atoms with van der Waals surface area (Å²) < 4.78 is 18.3. The molecule has 1 rings (SSSR count). The van der Waals surface area contributed by atoms with Crippen LogP contribution in [0.15, 0.2) is 18.2 Å². The maximum Gasteiger partial charge on any atom is 0.252 e. The molecule has 1 amide bonds. The van der Waals surface area contributed by atoms with E-state index in [0.29, 0.717) is 17.7 Å². The number of hydrogen-bond acceptors (Lipinski definition) is 3. The standard InChI is InChI=1S/C15H19FN2O2/c1-3-13(10-20-2)18-15(19)14-7-6-12(16)9-11(14)5-4-8-17/h6-7,9,13H,3,8,10,17H2,1-2H3,(H,18,19). The minimum atomic E-state index is -0.438. The Balaban J connectivity index is 2.97. The maximum absolute atomic E-state index is 13.2. The van der Waals surface area contributed by atoms with Gasteiger partial charge < -0.3 is 15.8 Å². The minimum Gasteiger partial charge on any atom is -0.383 e. The number of halogens is 1. The van der Waals surface area contributed by atoms with Crippen molar-refractivity contribution in [2.45, 2.75) is 19.4 Å². The second-order valence-electron chi connectivity index (χ2n) is 4.23. The van der Waals surface area contributed by atoms with Crippen LogP contribution in [0.1, 0.15) is 29.3 Å². The van der Waals surface area contributed by atoms with Crippen LogP contribution >= 0.6 is 0 Å². The summed E-state index contributed by atoms with van der Waals surface area (Å²) in [6.07, 6.45) is 0.741. The highest BCUT2D eigenvalue weighted by atomic mass is 19.1. The lowest BCUT2D eigenvalue weighted by Gasteiger charge is -2.16. The van der Waals surface area contributed by atoms with Gasteiger partial charge in [0.2, 0.25) is 0 Å². The van der Waals surface area contributed by atoms with E-state index in [1.54, 1.807) is 7.11 Å². The summed E-state index contributed by atoms with van der Waals surface area (Å²) in [5, 5.41) is 2.83. The third kappa shape index (κ3) is 4.65. The van der Waals surface area contributed by atoms with Crippen LogP contribution in [0.5, 0.6) is 0 Å².